The highest BCUT2D eigenvalue weighted by molar-refractivity contribution is 8.01. The van der Waals surface area contributed by atoms with Gasteiger partial charge in [-0.15, -0.1) is 11.8 Å². The second-order valence-corrected chi connectivity index (χ2v) is 3.34. The van der Waals surface area contributed by atoms with Crippen LogP contribution in [0.2, 0.25) is 0 Å². The molecule has 1 aliphatic heterocycles. The number of carboxylic acid groups (broad SMARTS) is 1. The zero-order valence-electron chi connectivity index (χ0n) is 5.78. The largest absolute Gasteiger partial charge is 0.481 e. The monoisotopic (exact) mass is 176 g/mol. The first-order valence-corrected chi connectivity index (χ1v) is 4.25. The molecular weight excluding hydrogens is 168 g/mol. The van der Waals surface area contributed by atoms with Gasteiger partial charge >= 0.3 is 11.9 Å². The minimum Gasteiger partial charge on any atom is -0.481 e. The van der Waals surface area contributed by atoms with Crippen molar-refractivity contribution in [2.75, 3.05) is 12.4 Å². The number of cyclic esters (lactones) is 1. The van der Waals surface area contributed by atoms with Gasteiger partial charge in [0.25, 0.3) is 0 Å². The minimum absolute atomic E-state index is 0.0280. The Balaban J connectivity index is 2.26. The summed E-state index contributed by atoms with van der Waals surface area (Å²) in [5.74, 6) is -1.20. The Hall–Kier alpha value is -0.710. The molecule has 4 nitrogen and oxygen atoms in total. The molecule has 0 aromatic heterocycles. The van der Waals surface area contributed by atoms with Gasteiger partial charge in [0.1, 0.15) is 5.25 Å². The van der Waals surface area contributed by atoms with Crippen LogP contribution >= 0.6 is 11.8 Å². The summed E-state index contributed by atoms with van der Waals surface area (Å²) in [4.78, 5) is 20.8. The molecule has 0 radical (unpaired) electrons. The summed E-state index contributed by atoms with van der Waals surface area (Å²) in [6, 6.07) is 0. The van der Waals surface area contributed by atoms with Crippen molar-refractivity contribution in [3.63, 3.8) is 0 Å². The maximum Gasteiger partial charge on any atom is 0.319 e. The van der Waals surface area contributed by atoms with E-state index in [1.54, 1.807) is 0 Å². The highest BCUT2D eigenvalue weighted by Gasteiger charge is 2.27. The lowest BCUT2D eigenvalue weighted by molar-refractivity contribution is -0.137. The normalized spacial score (nSPS) is 23.3. The van der Waals surface area contributed by atoms with Crippen LogP contribution in [0.1, 0.15) is 6.42 Å². The van der Waals surface area contributed by atoms with Crippen LogP contribution < -0.4 is 0 Å². The molecule has 5 heteroatoms. The fourth-order valence-corrected chi connectivity index (χ4v) is 1.61. The number of hydrogen-bond donors (Lipinski definition) is 1. The molecule has 1 atom stereocenters. The second kappa shape index (κ2) is 3.61. The summed E-state index contributed by atoms with van der Waals surface area (Å²) >= 11 is 1.13. The number of aliphatic carboxylic acids is 1. The Morgan fingerprint density at radius 2 is 2.55 bits per heavy atom. The molecule has 0 saturated carbocycles. The highest BCUT2D eigenvalue weighted by atomic mass is 32.2. The third-order valence-corrected chi connectivity index (χ3v) is 2.54. The van der Waals surface area contributed by atoms with E-state index in [1.807, 2.05) is 0 Å². The Labute approximate surface area is 67.9 Å². The van der Waals surface area contributed by atoms with Crippen molar-refractivity contribution in [1.82, 2.24) is 0 Å². The van der Waals surface area contributed by atoms with Crippen molar-refractivity contribution in [2.24, 2.45) is 0 Å². The Morgan fingerprint density at radius 1 is 1.82 bits per heavy atom. The van der Waals surface area contributed by atoms with E-state index < -0.39 is 5.97 Å². The van der Waals surface area contributed by atoms with E-state index in [1.165, 1.54) is 0 Å². The van der Waals surface area contributed by atoms with Crippen LogP contribution in [0.25, 0.3) is 0 Å². The predicted octanol–water partition coefficient (Wildman–Crippen LogP) is 0.120. The first-order valence-electron chi connectivity index (χ1n) is 3.20. The van der Waals surface area contributed by atoms with Crippen molar-refractivity contribution in [3.8, 4) is 0 Å². The Kier molecular flexibility index (Phi) is 2.76. The van der Waals surface area contributed by atoms with Gasteiger partial charge in [0.2, 0.25) is 0 Å². The van der Waals surface area contributed by atoms with E-state index >= 15 is 0 Å². The number of esters is 1. The lowest BCUT2D eigenvalue weighted by atomic mass is 10.4. The van der Waals surface area contributed by atoms with Gasteiger partial charge in [0.05, 0.1) is 12.4 Å². The molecule has 1 rings (SSSR count). The van der Waals surface area contributed by atoms with Gasteiger partial charge in [-0.05, 0) is 0 Å². The van der Waals surface area contributed by atoms with Crippen LogP contribution in [0.15, 0.2) is 0 Å². The quantitative estimate of drug-likeness (QED) is 0.619. The summed E-state index contributed by atoms with van der Waals surface area (Å²) in [5.41, 5.74) is 0. The zero-order valence-corrected chi connectivity index (χ0v) is 6.60. The van der Waals surface area contributed by atoms with Crippen molar-refractivity contribution in [1.29, 1.82) is 0 Å². The van der Waals surface area contributed by atoms with Crippen molar-refractivity contribution in [3.05, 3.63) is 0 Å². The zero-order chi connectivity index (χ0) is 8.27. The Morgan fingerprint density at radius 3 is 3.00 bits per heavy atom. The number of thioether (sulfide) groups is 1. The number of ether oxygens (including phenoxy) is 1. The molecule has 1 N–H and O–H groups in total. The average molecular weight is 176 g/mol. The smallest absolute Gasteiger partial charge is 0.319 e. The van der Waals surface area contributed by atoms with E-state index in [0.29, 0.717) is 13.0 Å². The van der Waals surface area contributed by atoms with E-state index in [4.69, 9.17) is 5.11 Å². The summed E-state index contributed by atoms with van der Waals surface area (Å²) < 4.78 is 4.65. The van der Waals surface area contributed by atoms with Crippen molar-refractivity contribution < 1.29 is 19.4 Å². The molecular formula is C6H8O4S. The number of carboxylic acids is 1. The summed E-state index contributed by atoms with van der Waals surface area (Å²) in [7, 11) is 0. The third-order valence-electron chi connectivity index (χ3n) is 1.30. The molecule has 0 aromatic rings. The van der Waals surface area contributed by atoms with Crippen LogP contribution in [0, 0.1) is 0 Å². The molecule has 1 fully saturated rings. The number of carbonyl (C=O) groups excluding carboxylic acids is 1. The summed E-state index contributed by atoms with van der Waals surface area (Å²) in [5, 5.41) is 8.03. The number of carbonyl (C=O) groups is 2. The predicted molar refractivity (Wildman–Crippen MR) is 39.5 cm³/mol. The van der Waals surface area contributed by atoms with E-state index in [9.17, 15) is 9.59 Å². The fourth-order valence-electron chi connectivity index (χ4n) is 0.801. The maximum atomic E-state index is 10.8. The van der Waals surface area contributed by atoms with Crippen LogP contribution in [-0.4, -0.2) is 34.7 Å². The van der Waals surface area contributed by atoms with E-state index in [-0.39, 0.29) is 17.0 Å². The van der Waals surface area contributed by atoms with Crippen LogP contribution in [0.5, 0.6) is 0 Å². The van der Waals surface area contributed by atoms with Crippen molar-refractivity contribution in [2.45, 2.75) is 11.7 Å². The van der Waals surface area contributed by atoms with Gasteiger partial charge in [0.15, 0.2) is 0 Å². The minimum atomic E-state index is -0.894. The lowest BCUT2D eigenvalue weighted by Crippen LogP contribution is -2.12. The van der Waals surface area contributed by atoms with Gasteiger partial charge in [-0.3, -0.25) is 9.59 Å². The Bertz CT molecular complexity index is 179. The molecule has 1 saturated heterocycles. The molecule has 1 heterocycles. The molecule has 62 valence electrons. The molecule has 0 bridgehead atoms. The number of rotatable bonds is 3. The first-order chi connectivity index (χ1) is 5.20. The van der Waals surface area contributed by atoms with Gasteiger partial charge in [0, 0.05) is 6.42 Å². The molecule has 11 heavy (non-hydrogen) atoms. The molecule has 0 aromatic carbocycles. The molecule has 0 aliphatic carbocycles. The van der Waals surface area contributed by atoms with Crippen molar-refractivity contribution >= 4 is 23.7 Å². The molecule has 1 aliphatic rings. The van der Waals surface area contributed by atoms with E-state index in [0.717, 1.165) is 11.8 Å². The van der Waals surface area contributed by atoms with Gasteiger partial charge in [-0.25, -0.2) is 0 Å². The highest BCUT2D eigenvalue weighted by Crippen LogP contribution is 2.21. The van der Waals surface area contributed by atoms with Gasteiger partial charge in [-0.2, -0.15) is 0 Å². The van der Waals surface area contributed by atoms with Crippen LogP contribution in [0.4, 0.5) is 0 Å². The van der Waals surface area contributed by atoms with Gasteiger partial charge < -0.3 is 9.84 Å². The lowest BCUT2D eigenvalue weighted by Gasteiger charge is -2.00. The summed E-state index contributed by atoms with van der Waals surface area (Å²) in [6.45, 7) is 0.427. The van der Waals surface area contributed by atoms with E-state index in [2.05, 4.69) is 4.74 Å². The standard InChI is InChI=1S/C6H8O4S/c7-5(8)3-11-4-1-2-10-6(4)9/h4H,1-3H2,(H,7,8)/t4-/m0/s1. The first kappa shape index (κ1) is 8.39. The maximum absolute atomic E-state index is 10.8. The fraction of sp³-hybridized carbons (Fsp3) is 0.667. The van der Waals surface area contributed by atoms with Gasteiger partial charge in [-0.1, -0.05) is 0 Å². The second-order valence-electron chi connectivity index (χ2n) is 2.15. The molecule has 0 unspecified atom stereocenters. The van der Waals surface area contributed by atoms with Crippen LogP contribution in [-0.2, 0) is 14.3 Å². The molecule has 0 spiro atoms. The third kappa shape index (κ3) is 2.42. The SMILES string of the molecule is O=C(O)CS[C@H]1CCOC1=O. The summed E-state index contributed by atoms with van der Waals surface area (Å²) in [6.07, 6.45) is 0.636. The molecule has 0 amide bonds. The number of hydrogen-bond acceptors (Lipinski definition) is 4. The topological polar surface area (TPSA) is 63.6 Å². The average Bonchev–Trinajstić information content (AvgIpc) is 2.31. The van der Waals surface area contributed by atoms with Crippen LogP contribution in [0.3, 0.4) is 0 Å².